The van der Waals surface area contributed by atoms with Crippen LogP contribution in [0, 0.1) is 0 Å². The molecule has 4 atom stereocenters. The number of thiol groups is 1. The zero-order chi connectivity index (χ0) is 19.4. The van der Waals surface area contributed by atoms with Gasteiger partial charge < -0.3 is 19.9 Å². The number of morpholine rings is 1. The Labute approximate surface area is 162 Å². The van der Waals surface area contributed by atoms with Gasteiger partial charge in [-0.05, 0) is 12.0 Å². The van der Waals surface area contributed by atoms with E-state index in [1.165, 1.54) is 4.90 Å². The second kappa shape index (κ2) is 8.73. The van der Waals surface area contributed by atoms with Gasteiger partial charge >= 0.3 is 5.97 Å². The van der Waals surface area contributed by atoms with Crippen LogP contribution in [0.25, 0.3) is 0 Å². The zero-order valence-corrected chi connectivity index (χ0v) is 15.5. The van der Waals surface area contributed by atoms with Crippen LogP contribution in [-0.4, -0.2) is 71.2 Å². The third-order valence-electron chi connectivity index (χ3n) is 4.63. The van der Waals surface area contributed by atoms with Crippen LogP contribution in [0.4, 0.5) is 0 Å². The second-order valence-corrected chi connectivity index (χ2v) is 7.14. The zero-order valence-electron chi connectivity index (χ0n) is 14.6. The van der Waals surface area contributed by atoms with Crippen LogP contribution >= 0.6 is 12.6 Å². The van der Waals surface area contributed by atoms with Gasteiger partial charge in [0, 0.05) is 6.42 Å². The third kappa shape index (κ3) is 4.60. The average molecular weight is 394 g/mol. The molecule has 3 rings (SSSR count). The number of carbonyl (C=O) groups is 3. The highest BCUT2D eigenvalue weighted by Crippen LogP contribution is 2.21. The number of nitrogens with zero attached hydrogens (tertiary/aromatic N) is 1. The molecule has 0 aromatic heterocycles. The molecule has 2 fully saturated rings. The van der Waals surface area contributed by atoms with Gasteiger partial charge in [0.05, 0.1) is 25.1 Å². The predicted octanol–water partition coefficient (Wildman–Crippen LogP) is 0.0707. The lowest BCUT2D eigenvalue weighted by atomic mass is 10.1. The van der Waals surface area contributed by atoms with Crippen molar-refractivity contribution in [2.45, 2.75) is 36.4 Å². The highest BCUT2D eigenvalue weighted by Gasteiger charge is 2.44. The van der Waals surface area contributed by atoms with E-state index in [1.54, 1.807) is 0 Å². The predicted molar refractivity (Wildman–Crippen MR) is 98.3 cm³/mol. The van der Waals surface area contributed by atoms with Gasteiger partial charge in [-0.2, -0.15) is 12.6 Å². The average Bonchev–Trinajstić information content (AvgIpc) is 2.81. The first-order valence-corrected chi connectivity index (χ1v) is 9.25. The van der Waals surface area contributed by atoms with Crippen LogP contribution < -0.4 is 5.32 Å². The number of nitrogens with one attached hydrogen (secondary N) is 1. The van der Waals surface area contributed by atoms with Crippen molar-refractivity contribution in [2.24, 2.45) is 0 Å². The molecule has 0 unspecified atom stereocenters. The number of amides is 2. The number of ether oxygens (including phenoxy) is 2. The SMILES string of the molecule is O=C(N[C@H]1CCO[C@H]2COC[C@@H](C(=O)O)N2C1=O)[C@@H](S)Cc1ccccc1. The topological polar surface area (TPSA) is 105 Å². The number of aliphatic carboxylic acids is 1. The van der Waals surface area contributed by atoms with Crippen molar-refractivity contribution >= 4 is 30.4 Å². The Hall–Kier alpha value is -2.10. The number of carbonyl (C=O) groups excluding carboxylic acids is 2. The van der Waals surface area contributed by atoms with Crippen molar-refractivity contribution in [2.75, 3.05) is 19.8 Å². The lowest BCUT2D eigenvalue weighted by molar-refractivity contribution is -0.187. The van der Waals surface area contributed by atoms with E-state index in [-0.39, 0.29) is 32.1 Å². The van der Waals surface area contributed by atoms with Gasteiger partial charge in [-0.15, -0.1) is 0 Å². The number of hydrogen-bond donors (Lipinski definition) is 3. The van der Waals surface area contributed by atoms with Gasteiger partial charge in [0.15, 0.2) is 12.3 Å². The molecule has 2 saturated heterocycles. The summed E-state index contributed by atoms with van der Waals surface area (Å²) in [5.74, 6) is -2.01. The minimum atomic E-state index is -1.17. The van der Waals surface area contributed by atoms with E-state index >= 15 is 0 Å². The lowest BCUT2D eigenvalue weighted by Gasteiger charge is -2.39. The third-order valence-corrected chi connectivity index (χ3v) is 5.04. The first kappa shape index (κ1) is 19.7. The van der Waals surface area contributed by atoms with Crippen molar-refractivity contribution in [3.8, 4) is 0 Å². The van der Waals surface area contributed by atoms with Crippen LogP contribution in [0.2, 0.25) is 0 Å². The number of rotatable bonds is 5. The summed E-state index contributed by atoms with van der Waals surface area (Å²) >= 11 is 4.35. The Morgan fingerprint density at radius 3 is 2.74 bits per heavy atom. The fourth-order valence-electron chi connectivity index (χ4n) is 3.21. The summed E-state index contributed by atoms with van der Waals surface area (Å²) in [4.78, 5) is 38.1. The molecule has 2 N–H and O–H groups in total. The fourth-order valence-corrected chi connectivity index (χ4v) is 3.50. The van der Waals surface area contributed by atoms with Crippen LogP contribution in [0.3, 0.4) is 0 Å². The van der Waals surface area contributed by atoms with E-state index in [9.17, 15) is 19.5 Å². The molecule has 0 bridgehead atoms. The van der Waals surface area contributed by atoms with Crippen molar-refractivity contribution < 1.29 is 29.0 Å². The molecule has 0 radical (unpaired) electrons. The van der Waals surface area contributed by atoms with Crippen LogP contribution in [0.5, 0.6) is 0 Å². The lowest BCUT2D eigenvalue weighted by Crippen LogP contribution is -2.61. The molecular weight excluding hydrogens is 372 g/mol. The fraction of sp³-hybridized carbons (Fsp3) is 0.500. The molecule has 2 aliphatic rings. The second-order valence-electron chi connectivity index (χ2n) is 6.52. The summed E-state index contributed by atoms with van der Waals surface area (Å²) in [5.41, 5.74) is 0.961. The molecular formula is C18H22N2O6S. The summed E-state index contributed by atoms with van der Waals surface area (Å²) in [5, 5.41) is 11.5. The molecule has 146 valence electrons. The molecule has 2 amide bonds. The minimum absolute atomic E-state index is 0.106. The Kier molecular flexibility index (Phi) is 6.35. The minimum Gasteiger partial charge on any atom is -0.480 e. The van der Waals surface area contributed by atoms with Gasteiger partial charge in [-0.1, -0.05) is 30.3 Å². The van der Waals surface area contributed by atoms with Gasteiger partial charge in [0.2, 0.25) is 11.8 Å². The smallest absolute Gasteiger partial charge is 0.328 e. The van der Waals surface area contributed by atoms with Gasteiger partial charge in [-0.25, -0.2) is 4.79 Å². The van der Waals surface area contributed by atoms with Crippen molar-refractivity contribution in [3.05, 3.63) is 35.9 Å². The monoisotopic (exact) mass is 394 g/mol. The number of carboxylic acids is 1. The number of hydrogen-bond acceptors (Lipinski definition) is 6. The van der Waals surface area contributed by atoms with E-state index in [0.717, 1.165) is 5.56 Å². The van der Waals surface area contributed by atoms with Crippen LogP contribution in [-0.2, 0) is 30.3 Å². The van der Waals surface area contributed by atoms with Crippen molar-refractivity contribution in [1.29, 1.82) is 0 Å². The normalized spacial score (nSPS) is 26.6. The summed E-state index contributed by atoms with van der Waals surface area (Å²) < 4.78 is 10.8. The first-order chi connectivity index (χ1) is 13.0. The van der Waals surface area contributed by atoms with Gasteiger partial charge in [0.25, 0.3) is 0 Å². The molecule has 2 aliphatic heterocycles. The van der Waals surface area contributed by atoms with Crippen molar-refractivity contribution in [1.82, 2.24) is 10.2 Å². The largest absolute Gasteiger partial charge is 0.480 e. The van der Waals surface area contributed by atoms with Gasteiger partial charge in [-0.3, -0.25) is 14.5 Å². The number of fused-ring (bicyclic) bond motifs is 1. The van der Waals surface area contributed by atoms with Crippen LogP contribution in [0.1, 0.15) is 12.0 Å². The summed E-state index contributed by atoms with van der Waals surface area (Å²) in [6.45, 7) is 0.216. The molecule has 27 heavy (non-hydrogen) atoms. The number of carboxylic acid groups (broad SMARTS) is 1. The Bertz CT molecular complexity index is 700. The Balaban J connectivity index is 1.67. The molecule has 0 saturated carbocycles. The maximum absolute atomic E-state index is 12.9. The maximum atomic E-state index is 12.9. The van der Waals surface area contributed by atoms with Gasteiger partial charge in [0.1, 0.15) is 6.04 Å². The summed E-state index contributed by atoms with van der Waals surface area (Å²) in [6, 6.07) is 7.46. The molecule has 9 heteroatoms. The quantitative estimate of drug-likeness (QED) is 0.611. The molecule has 1 aromatic carbocycles. The standard InChI is InChI=1S/C18H22N2O6S/c21-16(14(27)8-11-4-2-1-3-5-11)19-12-6-7-26-15-10-25-9-13(18(23)24)20(15)17(12)22/h1-5,12-15,27H,6-10H2,(H,19,21)(H,23,24)/t12-,13-,14-,15-/m0/s1. The van der Waals surface area contributed by atoms with E-state index in [4.69, 9.17) is 9.47 Å². The van der Waals surface area contributed by atoms with Crippen LogP contribution in [0.15, 0.2) is 30.3 Å². The number of benzene rings is 1. The first-order valence-electron chi connectivity index (χ1n) is 8.74. The Morgan fingerprint density at radius 2 is 2.04 bits per heavy atom. The maximum Gasteiger partial charge on any atom is 0.328 e. The van der Waals surface area contributed by atoms with E-state index in [1.807, 2.05) is 30.3 Å². The van der Waals surface area contributed by atoms with Crippen molar-refractivity contribution in [3.63, 3.8) is 0 Å². The molecule has 1 aromatic rings. The van der Waals surface area contributed by atoms with E-state index in [2.05, 4.69) is 17.9 Å². The Morgan fingerprint density at radius 1 is 1.30 bits per heavy atom. The highest BCUT2D eigenvalue weighted by molar-refractivity contribution is 7.81. The molecule has 0 aliphatic carbocycles. The van der Waals surface area contributed by atoms with E-state index in [0.29, 0.717) is 6.42 Å². The van der Waals surface area contributed by atoms with E-state index < -0.39 is 35.4 Å². The highest BCUT2D eigenvalue weighted by atomic mass is 32.1. The molecule has 0 spiro atoms. The summed E-state index contributed by atoms with van der Waals surface area (Å²) in [7, 11) is 0. The molecule has 2 heterocycles. The summed E-state index contributed by atoms with van der Waals surface area (Å²) in [6.07, 6.45) is -0.0775. The molecule has 8 nitrogen and oxygen atoms in total.